The van der Waals surface area contributed by atoms with Crippen LogP contribution in [0.2, 0.25) is 0 Å². The zero-order chi connectivity index (χ0) is 10.5. The molecule has 1 atom stereocenters. The van der Waals surface area contributed by atoms with Crippen LogP contribution in [0.5, 0.6) is 0 Å². The molecule has 1 rings (SSSR count). The predicted octanol–water partition coefficient (Wildman–Crippen LogP) is 2.34. The highest BCUT2D eigenvalue weighted by Gasteiger charge is 2.62. The zero-order valence-corrected chi connectivity index (χ0v) is 9.62. The Bertz CT molecular complexity index is 237. The van der Waals surface area contributed by atoms with Crippen molar-refractivity contribution in [2.45, 2.75) is 53.5 Å². The Morgan fingerprint density at radius 3 is 1.85 bits per heavy atom. The molecule has 76 valence electrons. The van der Waals surface area contributed by atoms with Gasteiger partial charge in [0.25, 0.3) is 0 Å². The highest BCUT2D eigenvalue weighted by molar-refractivity contribution is 5.86. The van der Waals surface area contributed by atoms with Crippen molar-refractivity contribution in [3.05, 3.63) is 0 Å². The highest BCUT2D eigenvalue weighted by Crippen LogP contribution is 2.63. The van der Waals surface area contributed by atoms with Gasteiger partial charge in [-0.15, -0.1) is 0 Å². The number of nitrogens with one attached hydrogen (secondary N) is 1. The monoisotopic (exact) mass is 183 g/mol. The highest BCUT2D eigenvalue weighted by atomic mass is 16.2. The number of carbonyl (C=O) groups is 1. The van der Waals surface area contributed by atoms with Crippen LogP contribution >= 0.6 is 0 Å². The normalized spacial score (nSPS) is 31.2. The minimum atomic E-state index is -0.139. The summed E-state index contributed by atoms with van der Waals surface area (Å²) in [6.07, 6.45) is 1.00. The van der Waals surface area contributed by atoms with E-state index in [1.165, 1.54) is 0 Å². The molecular formula is C11H21NO. The first-order chi connectivity index (χ1) is 5.58. The quantitative estimate of drug-likeness (QED) is 0.664. The van der Waals surface area contributed by atoms with Gasteiger partial charge in [0.1, 0.15) is 0 Å². The van der Waals surface area contributed by atoms with Crippen LogP contribution in [-0.2, 0) is 4.79 Å². The number of rotatable bonds is 1. The molecule has 0 heterocycles. The fraction of sp³-hybridized carbons (Fsp3) is 0.909. The maximum absolute atomic E-state index is 11.8. The number of amides is 1. The van der Waals surface area contributed by atoms with Crippen LogP contribution < -0.4 is 5.32 Å². The van der Waals surface area contributed by atoms with Gasteiger partial charge in [0, 0.05) is 5.54 Å². The Balaban J connectivity index is 2.62. The second kappa shape index (κ2) is 2.49. The molecule has 0 radical (unpaired) electrons. The summed E-state index contributed by atoms with van der Waals surface area (Å²) in [4.78, 5) is 11.8. The Morgan fingerprint density at radius 2 is 1.62 bits per heavy atom. The minimum absolute atomic E-state index is 0.112. The first-order valence-electron chi connectivity index (χ1n) is 4.91. The van der Waals surface area contributed by atoms with Gasteiger partial charge in [-0.2, -0.15) is 0 Å². The largest absolute Gasteiger partial charge is 0.351 e. The summed E-state index contributed by atoms with van der Waals surface area (Å²) in [6, 6.07) is 0. The molecular weight excluding hydrogens is 162 g/mol. The van der Waals surface area contributed by atoms with Gasteiger partial charge in [-0.25, -0.2) is 0 Å². The summed E-state index contributed by atoms with van der Waals surface area (Å²) < 4.78 is 0. The van der Waals surface area contributed by atoms with Crippen molar-refractivity contribution in [3.63, 3.8) is 0 Å². The molecule has 0 aliphatic heterocycles. The molecule has 2 heteroatoms. The average Bonchev–Trinajstić information content (AvgIpc) is 2.29. The molecule has 1 unspecified atom stereocenters. The number of hydrogen-bond donors (Lipinski definition) is 1. The van der Waals surface area contributed by atoms with Gasteiger partial charge in [0.2, 0.25) is 5.91 Å². The molecule has 0 spiro atoms. The van der Waals surface area contributed by atoms with Crippen molar-refractivity contribution in [2.75, 3.05) is 0 Å². The van der Waals surface area contributed by atoms with E-state index < -0.39 is 0 Å². The SMILES string of the molecule is CC(C)(C)NC(=O)C1(C)CC1(C)C. The van der Waals surface area contributed by atoms with Crippen LogP contribution in [0, 0.1) is 10.8 Å². The molecule has 1 fully saturated rings. The standard InChI is InChI=1S/C11H21NO/c1-9(2,3)12-8(13)11(6)7-10(11,4)5/h7H2,1-6H3,(H,12,13). The first kappa shape index (κ1) is 10.6. The summed E-state index contributed by atoms with van der Waals surface area (Å²) in [5.41, 5.74) is -0.0681. The Labute approximate surface area is 81.1 Å². The summed E-state index contributed by atoms with van der Waals surface area (Å²) in [7, 11) is 0. The third kappa shape index (κ3) is 1.87. The Morgan fingerprint density at radius 1 is 1.23 bits per heavy atom. The van der Waals surface area contributed by atoms with E-state index in [1.807, 2.05) is 27.7 Å². The van der Waals surface area contributed by atoms with E-state index in [0.717, 1.165) is 6.42 Å². The summed E-state index contributed by atoms with van der Waals surface area (Å²) in [5.74, 6) is 0.199. The van der Waals surface area contributed by atoms with E-state index in [4.69, 9.17) is 0 Å². The molecule has 0 aromatic carbocycles. The van der Waals surface area contributed by atoms with Crippen LogP contribution in [-0.4, -0.2) is 11.4 Å². The van der Waals surface area contributed by atoms with Crippen molar-refractivity contribution in [1.29, 1.82) is 0 Å². The second-order valence-electron chi connectivity index (χ2n) is 6.10. The topological polar surface area (TPSA) is 29.1 Å². The van der Waals surface area contributed by atoms with Crippen molar-refractivity contribution in [1.82, 2.24) is 5.32 Å². The van der Waals surface area contributed by atoms with E-state index in [1.54, 1.807) is 0 Å². The third-order valence-electron chi connectivity index (χ3n) is 3.15. The fourth-order valence-electron chi connectivity index (χ4n) is 1.71. The van der Waals surface area contributed by atoms with Crippen LogP contribution in [0.4, 0.5) is 0 Å². The predicted molar refractivity (Wildman–Crippen MR) is 54.4 cm³/mol. The lowest BCUT2D eigenvalue weighted by atomic mass is 9.96. The van der Waals surface area contributed by atoms with Gasteiger partial charge in [0.15, 0.2) is 0 Å². The Hall–Kier alpha value is -0.530. The molecule has 1 aliphatic carbocycles. The van der Waals surface area contributed by atoms with Crippen molar-refractivity contribution in [2.24, 2.45) is 10.8 Å². The molecule has 0 aromatic rings. The lowest BCUT2D eigenvalue weighted by Gasteiger charge is -2.24. The van der Waals surface area contributed by atoms with E-state index >= 15 is 0 Å². The van der Waals surface area contributed by atoms with E-state index in [-0.39, 0.29) is 22.3 Å². The van der Waals surface area contributed by atoms with Crippen molar-refractivity contribution in [3.8, 4) is 0 Å². The molecule has 0 aromatic heterocycles. The van der Waals surface area contributed by atoms with Gasteiger partial charge >= 0.3 is 0 Å². The van der Waals surface area contributed by atoms with Crippen LogP contribution in [0.3, 0.4) is 0 Å². The maximum atomic E-state index is 11.8. The first-order valence-corrected chi connectivity index (χ1v) is 4.91. The summed E-state index contributed by atoms with van der Waals surface area (Å²) >= 11 is 0. The molecule has 0 bridgehead atoms. The lowest BCUT2D eigenvalue weighted by Crippen LogP contribution is -2.45. The molecule has 13 heavy (non-hydrogen) atoms. The summed E-state index contributed by atoms with van der Waals surface area (Å²) in [6.45, 7) is 12.4. The Kier molecular flexibility index (Phi) is 2.02. The molecule has 0 saturated heterocycles. The molecule has 1 aliphatic rings. The van der Waals surface area contributed by atoms with Crippen LogP contribution in [0.15, 0.2) is 0 Å². The van der Waals surface area contributed by atoms with Gasteiger partial charge in [-0.1, -0.05) is 20.8 Å². The van der Waals surface area contributed by atoms with Gasteiger partial charge in [-0.05, 0) is 32.6 Å². The minimum Gasteiger partial charge on any atom is -0.351 e. The maximum Gasteiger partial charge on any atom is 0.226 e. The lowest BCUT2D eigenvalue weighted by molar-refractivity contribution is -0.128. The van der Waals surface area contributed by atoms with Crippen molar-refractivity contribution < 1.29 is 4.79 Å². The van der Waals surface area contributed by atoms with E-state index in [2.05, 4.69) is 19.2 Å². The van der Waals surface area contributed by atoms with E-state index in [9.17, 15) is 4.79 Å². The average molecular weight is 183 g/mol. The third-order valence-corrected chi connectivity index (χ3v) is 3.15. The van der Waals surface area contributed by atoms with Gasteiger partial charge < -0.3 is 5.32 Å². The molecule has 1 saturated carbocycles. The van der Waals surface area contributed by atoms with E-state index in [0.29, 0.717) is 0 Å². The van der Waals surface area contributed by atoms with Crippen molar-refractivity contribution >= 4 is 5.91 Å². The zero-order valence-electron chi connectivity index (χ0n) is 9.62. The number of carbonyl (C=O) groups excluding carboxylic acids is 1. The summed E-state index contributed by atoms with van der Waals surface area (Å²) in [5, 5.41) is 3.04. The molecule has 1 amide bonds. The molecule has 2 nitrogen and oxygen atoms in total. The van der Waals surface area contributed by atoms with Crippen LogP contribution in [0.25, 0.3) is 0 Å². The van der Waals surface area contributed by atoms with Crippen LogP contribution in [0.1, 0.15) is 48.0 Å². The van der Waals surface area contributed by atoms with Gasteiger partial charge in [-0.3, -0.25) is 4.79 Å². The fourth-order valence-corrected chi connectivity index (χ4v) is 1.71. The van der Waals surface area contributed by atoms with Gasteiger partial charge in [0.05, 0.1) is 5.41 Å². The number of hydrogen-bond acceptors (Lipinski definition) is 1. The second-order valence-corrected chi connectivity index (χ2v) is 6.10. The molecule has 1 N–H and O–H groups in total. The smallest absolute Gasteiger partial charge is 0.226 e.